The Morgan fingerprint density at radius 1 is 1.09 bits per heavy atom. The molecule has 3 atom stereocenters. The number of unbranched alkanes of at least 4 members (excludes halogenated alkanes) is 1. The highest BCUT2D eigenvalue weighted by Crippen LogP contribution is 2.36. The predicted molar refractivity (Wildman–Crippen MR) is 126 cm³/mol. The maximum atomic E-state index is 14.1. The number of carbonyl (C=O) groups is 1. The fraction of sp³-hybridized carbons (Fsp3) is 0.577. The molecule has 1 aliphatic rings. The summed E-state index contributed by atoms with van der Waals surface area (Å²) in [6.45, 7) is 2.38. The number of thiophene rings is 1. The number of rotatable bonds is 13. The van der Waals surface area contributed by atoms with Gasteiger partial charge >= 0.3 is 5.92 Å². The lowest BCUT2D eigenvalue weighted by molar-refractivity contribution is -0.148. The number of nitrogens with zero attached hydrogens (tertiary/aromatic N) is 1. The summed E-state index contributed by atoms with van der Waals surface area (Å²) < 4.78 is 28.2. The van der Waals surface area contributed by atoms with Gasteiger partial charge in [-0.05, 0) is 67.9 Å². The molecule has 1 saturated heterocycles. The van der Waals surface area contributed by atoms with Crippen LogP contribution in [0.25, 0.3) is 0 Å². The smallest absolute Gasteiger partial charge is 0.326 e. The van der Waals surface area contributed by atoms with E-state index in [1.165, 1.54) is 15.3 Å². The van der Waals surface area contributed by atoms with Crippen LogP contribution in [0.15, 0.2) is 47.8 Å². The Kier molecular flexibility index (Phi) is 9.23. The molecule has 0 aliphatic carbocycles. The second-order valence-corrected chi connectivity index (χ2v) is 10.1. The molecule has 0 unspecified atom stereocenters. The fourth-order valence-corrected chi connectivity index (χ4v) is 5.32. The van der Waals surface area contributed by atoms with E-state index in [1.54, 1.807) is 11.3 Å². The van der Waals surface area contributed by atoms with Crippen molar-refractivity contribution in [3.8, 4) is 0 Å². The van der Waals surface area contributed by atoms with E-state index in [2.05, 4.69) is 12.1 Å². The zero-order valence-electron chi connectivity index (χ0n) is 18.9. The molecule has 6 heteroatoms. The molecule has 2 aromatic rings. The minimum absolute atomic E-state index is 0.121. The van der Waals surface area contributed by atoms with E-state index in [9.17, 15) is 18.7 Å². The van der Waals surface area contributed by atoms with E-state index in [0.717, 1.165) is 32.1 Å². The Morgan fingerprint density at radius 3 is 2.59 bits per heavy atom. The largest absolute Gasteiger partial charge is 0.393 e. The molecule has 0 spiro atoms. The third-order valence-electron chi connectivity index (χ3n) is 6.58. The van der Waals surface area contributed by atoms with Crippen LogP contribution in [0.3, 0.4) is 0 Å². The van der Waals surface area contributed by atoms with Gasteiger partial charge in [0.05, 0.1) is 6.10 Å². The van der Waals surface area contributed by atoms with Crippen LogP contribution in [0.2, 0.25) is 0 Å². The SMILES string of the molecule is C[C@@H](CCCCc1ccccc1)[C@H](O)CC[C@H]1CC(F)(F)C(=O)N1CCCc1cccs1. The Morgan fingerprint density at radius 2 is 1.88 bits per heavy atom. The van der Waals surface area contributed by atoms with Crippen LogP contribution in [-0.2, 0) is 17.6 Å². The van der Waals surface area contributed by atoms with Crippen LogP contribution in [0, 0.1) is 5.92 Å². The molecule has 1 aromatic carbocycles. The van der Waals surface area contributed by atoms with Crippen molar-refractivity contribution in [3.63, 3.8) is 0 Å². The highest BCUT2D eigenvalue weighted by molar-refractivity contribution is 7.09. The predicted octanol–water partition coefficient (Wildman–Crippen LogP) is 6.11. The lowest BCUT2D eigenvalue weighted by Crippen LogP contribution is -2.37. The summed E-state index contributed by atoms with van der Waals surface area (Å²) in [5.41, 5.74) is 1.33. The lowest BCUT2D eigenvalue weighted by atomic mass is 9.92. The van der Waals surface area contributed by atoms with Gasteiger partial charge in [0.2, 0.25) is 0 Å². The first-order valence-electron chi connectivity index (χ1n) is 11.8. The zero-order valence-corrected chi connectivity index (χ0v) is 19.7. The van der Waals surface area contributed by atoms with Gasteiger partial charge in [0, 0.05) is 23.9 Å². The molecule has 1 aromatic heterocycles. The Balaban J connectivity index is 1.40. The third kappa shape index (κ3) is 7.11. The second-order valence-electron chi connectivity index (χ2n) is 9.10. The van der Waals surface area contributed by atoms with Crippen LogP contribution < -0.4 is 0 Å². The van der Waals surface area contributed by atoms with Crippen molar-refractivity contribution < 1.29 is 18.7 Å². The summed E-state index contributed by atoms with van der Waals surface area (Å²) >= 11 is 1.65. The standard InChI is InChI=1S/C26H35F2NO2S/c1-20(9-5-6-12-21-10-3-2-4-11-21)24(30)16-15-22-19-26(27,28)25(31)29(22)17-7-13-23-14-8-18-32-23/h2-4,8,10-11,14,18,20,22,24,30H,5-7,9,12-13,15-17,19H2,1H3/t20-,22-,24+/m0/s1. The van der Waals surface area contributed by atoms with Crippen molar-refractivity contribution >= 4 is 17.2 Å². The van der Waals surface area contributed by atoms with Crippen molar-refractivity contribution in [3.05, 3.63) is 58.3 Å². The van der Waals surface area contributed by atoms with Crippen LogP contribution in [-0.4, -0.2) is 40.5 Å². The number of hydrogen-bond donors (Lipinski definition) is 1. The van der Waals surface area contributed by atoms with Crippen LogP contribution in [0.5, 0.6) is 0 Å². The topological polar surface area (TPSA) is 40.5 Å². The minimum atomic E-state index is -3.28. The van der Waals surface area contributed by atoms with Crippen LogP contribution in [0.4, 0.5) is 8.78 Å². The zero-order chi connectivity index (χ0) is 23.0. The van der Waals surface area contributed by atoms with Crippen molar-refractivity contribution in [2.45, 2.75) is 82.8 Å². The molecule has 2 heterocycles. The summed E-state index contributed by atoms with van der Waals surface area (Å²) in [7, 11) is 0. The number of benzene rings is 1. The number of halogens is 2. The molecule has 0 radical (unpaired) electrons. The number of hydrogen-bond acceptors (Lipinski definition) is 3. The second kappa shape index (κ2) is 11.9. The number of aryl methyl sites for hydroxylation is 2. The van der Waals surface area contributed by atoms with Crippen molar-refractivity contribution in [1.29, 1.82) is 0 Å². The number of aliphatic hydroxyl groups is 1. The molecular weight excluding hydrogens is 428 g/mol. The van der Waals surface area contributed by atoms with Gasteiger partial charge in [-0.1, -0.05) is 49.7 Å². The highest BCUT2D eigenvalue weighted by Gasteiger charge is 2.52. The normalized spacial score (nSPS) is 19.9. The van der Waals surface area contributed by atoms with Crippen molar-refractivity contribution in [2.24, 2.45) is 5.92 Å². The Labute approximate surface area is 194 Å². The molecular formula is C26H35F2NO2S. The Bertz CT molecular complexity index is 812. The lowest BCUT2D eigenvalue weighted by Gasteiger charge is -2.26. The van der Waals surface area contributed by atoms with Gasteiger partial charge in [-0.3, -0.25) is 4.79 Å². The molecule has 3 rings (SSSR count). The summed E-state index contributed by atoms with van der Waals surface area (Å²) in [6, 6.07) is 13.9. The van der Waals surface area contributed by atoms with Gasteiger partial charge in [0.15, 0.2) is 0 Å². The average Bonchev–Trinajstić information content (AvgIpc) is 3.37. The average molecular weight is 464 g/mol. The van der Waals surface area contributed by atoms with Gasteiger partial charge in [-0.25, -0.2) is 0 Å². The first-order chi connectivity index (χ1) is 15.4. The summed E-state index contributed by atoms with van der Waals surface area (Å²) in [5.74, 6) is -4.20. The van der Waals surface area contributed by atoms with E-state index in [4.69, 9.17) is 0 Å². The van der Waals surface area contributed by atoms with Gasteiger partial charge in [-0.15, -0.1) is 11.3 Å². The van der Waals surface area contributed by atoms with Crippen LogP contribution >= 0.6 is 11.3 Å². The molecule has 1 N–H and O–H groups in total. The first kappa shape index (κ1) is 24.8. The molecule has 1 aliphatic heterocycles. The monoisotopic (exact) mass is 463 g/mol. The molecule has 1 fully saturated rings. The van der Waals surface area contributed by atoms with Crippen molar-refractivity contribution in [1.82, 2.24) is 4.90 Å². The molecule has 1 amide bonds. The molecule has 0 bridgehead atoms. The van der Waals surface area contributed by atoms with Crippen molar-refractivity contribution in [2.75, 3.05) is 6.54 Å². The first-order valence-corrected chi connectivity index (χ1v) is 12.7. The maximum absolute atomic E-state index is 14.1. The minimum Gasteiger partial charge on any atom is -0.393 e. The Hall–Kier alpha value is -1.79. The van der Waals surface area contributed by atoms with Gasteiger partial charge in [0.25, 0.3) is 5.91 Å². The van der Waals surface area contributed by atoms with E-state index >= 15 is 0 Å². The molecule has 176 valence electrons. The number of alkyl halides is 2. The summed E-state index contributed by atoms with van der Waals surface area (Å²) in [4.78, 5) is 14.8. The van der Waals surface area contributed by atoms with Gasteiger partial charge in [0.1, 0.15) is 0 Å². The third-order valence-corrected chi connectivity index (χ3v) is 7.52. The summed E-state index contributed by atoms with van der Waals surface area (Å²) in [6.07, 6.45) is 5.45. The number of aliphatic hydroxyl groups excluding tert-OH is 1. The molecule has 0 saturated carbocycles. The number of amides is 1. The van der Waals surface area contributed by atoms with E-state index in [0.29, 0.717) is 25.8 Å². The van der Waals surface area contributed by atoms with E-state index in [1.807, 2.05) is 42.6 Å². The number of likely N-dealkylation sites (tertiary alicyclic amines) is 1. The number of carbonyl (C=O) groups excluding carboxylic acids is 1. The molecule has 3 nitrogen and oxygen atoms in total. The maximum Gasteiger partial charge on any atom is 0.326 e. The van der Waals surface area contributed by atoms with Gasteiger partial charge in [-0.2, -0.15) is 8.78 Å². The summed E-state index contributed by atoms with van der Waals surface area (Å²) in [5, 5.41) is 12.6. The van der Waals surface area contributed by atoms with Crippen LogP contribution in [0.1, 0.15) is 62.3 Å². The quantitative estimate of drug-likeness (QED) is 0.364. The fourth-order valence-electron chi connectivity index (χ4n) is 4.57. The highest BCUT2D eigenvalue weighted by atomic mass is 32.1. The van der Waals surface area contributed by atoms with E-state index < -0.39 is 30.4 Å². The van der Waals surface area contributed by atoms with E-state index in [-0.39, 0.29) is 5.92 Å². The van der Waals surface area contributed by atoms with Gasteiger partial charge < -0.3 is 10.0 Å². The molecule has 32 heavy (non-hydrogen) atoms.